The molecule has 1 N–H and O–H groups in total. The van der Waals surface area contributed by atoms with Gasteiger partial charge in [0.05, 0.1) is 25.0 Å². The summed E-state index contributed by atoms with van der Waals surface area (Å²) < 4.78 is 15.4. The van der Waals surface area contributed by atoms with E-state index in [-0.39, 0.29) is 11.3 Å². The van der Waals surface area contributed by atoms with E-state index in [9.17, 15) is 4.79 Å². The van der Waals surface area contributed by atoms with Crippen LogP contribution in [0.4, 0.5) is 5.82 Å². The second-order valence-electron chi connectivity index (χ2n) is 9.83. The molecule has 4 saturated carbocycles. The molecule has 0 spiro atoms. The molecule has 4 aliphatic carbocycles. The average molecular weight is 450 g/mol. The summed E-state index contributed by atoms with van der Waals surface area (Å²) in [6.07, 6.45) is 8.94. The van der Waals surface area contributed by atoms with Crippen molar-refractivity contribution in [3.63, 3.8) is 0 Å². The molecular weight excluding hydrogens is 422 g/mol. The third-order valence-corrected chi connectivity index (χ3v) is 8.57. The quantitative estimate of drug-likeness (QED) is 0.554. The zero-order valence-electron chi connectivity index (χ0n) is 18.4. The van der Waals surface area contributed by atoms with Crippen LogP contribution >= 0.6 is 11.5 Å². The van der Waals surface area contributed by atoms with Gasteiger partial charge in [0.25, 0.3) is 0 Å². The Balaban J connectivity index is 1.31. The molecule has 6 nitrogen and oxygen atoms in total. The van der Waals surface area contributed by atoms with Crippen molar-refractivity contribution in [3.05, 3.63) is 30.5 Å². The summed E-state index contributed by atoms with van der Waals surface area (Å²) in [5.41, 5.74) is 1.73. The third kappa shape index (κ3) is 3.17. The number of aromatic nitrogens is 2. The van der Waals surface area contributed by atoms with Gasteiger partial charge in [-0.25, -0.2) is 4.98 Å². The van der Waals surface area contributed by atoms with Gasteiger partial charge in [0.15, 0.2) is 17.3 Å². The summed E-state index contributed by atoms with van der Waals surface area (Å²) >= 11 is 1.33. The number of ether oxygens (including phenoxy) is 2. The Bertz CT molecular complexity index is 1170. The van der Waals surface area contributed by atoms with E-state index in [4.69, 9.17) is 9.47 Å². The van der Waals surface area contributed by atoms with Crippen molar-refractivity contribution < 1.29 is 14.3 Å². The van der Waals surface area contributed by atoms with E-state index >= 15 is 0 Å². The normalized spacial score (nSPS) is 28.1. The van der Waals surface area contributed by atoms with E-state index in [1.807, 2.05) is 24.4 Å². The smallest absolute Gasteiger partial charge is 0.231 e. The van der Waals surface area contributed by atoms with Crippen LogP contribution in [0.2, 0.25) is 0 Å². The number of anilines is 1. The lowest BCUT2D eigenvalue weighted by atomic mass is 9.49. The molecule has 4 fully saturated rings. The summed E-state index contributed by atoms with van der Waals surface area (Å²) in [6, 6.07) is 7.87. The fourth-order valence-electron chi connectivity index (χ4n) is 6.73. The van der Waals surface area contributed by atoms with E-state index < -0.39 is 0 Å². The second kappa shape index (κ2) is 7.44. The number of nitrogens with one attached hydrogen (secondary N) is 1. The predicted octanol–water partition coefficient (Wildman–Crippen LogP) is 5.53. The average Bonchev–Trinajstić information content (AvgIpc) is 3.19. The van der Waals surface area contributed by atoms with Gasteiger partial charge in [-0.05, 0) is 91.6 Å². The first-order chi connectivity index (χ1) is 15.6. The molecule has 0 unspecified atom stereocenters. The second-order valence-corrected chi connectivity index (χ2v) is 10.6. The summed E-state index contributed by atoms with van der Waals surface area (Å²) in [5.74, 6) is 4.36. The summed E-state index contributed by atoms with van der Waals surface area (Å²) in [7, 11) is 3.25. The van der Waals surface area contributed by atoms with Crippen molar-refractivity contribution in [2.45, 2.75) is 38.5 Å². The van der Waals surface area contributed by atoms with Gasteiger partial charge in [-0.2, -0.15) is 4.37 Å². The molecule has 2 heterocycles. The molecule has 4 bridgehead atoms. The summed E-state index contributed by atoms with van der Waals surface area (Å²) in [5, 5.41) is 4.11. The van der Waals surface area contributed by atoms with Crippen molar-refractivity contribution in [3.8, 4) is 22.6 Å². The van der Waals surface area contributed by atoms with Gasteiger partial charge in [0.2, 0.25) is 5.91 Å². The Labute approximate surface area is 191 Å². The number of carbonyl (C=O) groups is 1. The van der Waals surface area contributed by atoms with Crippen LogP contribution in [0.1, 0.15) is 38.5 Å². The molecule has 0 aliphatic heterocycles. The lowest BCUT2D eigenvalue weighted by Gasteiger charge is -2.55. The van der Waals surface area contributed by atoms with E-state index in [1.54, 1.807) is 14.2 Å². The lowest BCUT2D eigenvalue weighted by Crippen LogP contribution is -2.51. The van der Waals surface area contributed by atoms with Crippen LogP contribution in [0.25, 0.3) is 21.3 Å². The van der Waals surface area contributed by atoms with Crippen LogP contribution < -0.4 is 14.8 Å². The molecule has 2 aromatic heterocycles. The van der Waals surface area contributed by atoms with Gasteiger partial charge >= 0.3 is 0 Å². The molecule has 1 amide bonds. The molecule has 32 heavy (non-hydrogen) atoms. The maximum atomic E-state index is 13.5. The Morgan fingerprint density at radius 3 is 2.34 bits per heavy atom. The van der Waals surface area contributed by atoms with Crippen LogP contribution in [0.5, 0.6) is 11.5 Å². The first-order valence-electron chi connectivity index (χ1n) is 11.4. The predicted molar refractivity (Wildman–Crippen MR) is 125 cm³/mol. The lowest BCUT2D eigenvalue weighted by molar-refractivity contribution is -0.140. The minimum absolute atomic E-state index is 0.167. The molecule has 4 aliphatic rings. The Kier molecular flexibility index (Phi) is 4.64. The number of pyridine rings is 1. The van der Waals surface area contributed by atoms with E-state index in [2.05, 4.69) is 20.7 Å². The highest BCUT2D eigenvalue weighted by Gasteiger charge is 2.54. The van der Waals surface area contributed by atoms with Crippen molar-refractivity contribution in [1.82, 2.24) is 9.36 Å². The first-order valence-corrected chi connectivity index (χ1v) is 12.1. The number of fused-ring (bicyclic) bond motifs is 1. The summed E-state index contributed by atoms with van der Waals surface area (Å²) in [4.78, 5) is 19.0. The number of methoxy groups -OCH3 is 2. The first kappa shape index (κ1) is 20.0. The van der Waals surface area contributed by atoms with Gasteiger partial charge in [0, 0.05) is 11.8 Å². The minimum atomic E-state index is -0.195. The van der Waals surface area contributed by atoms with Crippen LogP contribution in [-0.2, 0) is 4.79 Å². The van der Waals surface area contributed by atoms with Gasteiger partial charge in [-0.3, -0.25) is 4.79 Å². The largest absolute Gasteiger partial charge is 0.493 e. The molecule has 0 saturated heterocycles. The molecule has 0 radical (unpaired) electrons. The molecule has 3 aromatic rings. The number of carbonyl (C=O) groups excluding carboxylic acids is 1. The van der Waals surface area contributed by atoms with E-state index in [0.717, 1.165) is 58.4 Å². The summed E-state index contributed by atoms with van der Waals surface area (Å²) in [6.45, 7) is 0. The van der Waals surface area contributed by atoms with Gasteiger partial charge < -0.3 is 14.8 Å². The van der Waals surface area contributed by atoms with Crippen molar-refractivity contribution in [2.24, 2.45) is 23.2 Å². The number of rotatable bonds is 5. The number of nitrogens with zero attached hydrogens (tertiary/aromatic N) is 2. The van der Waals surface area contributed by atoms with Crippen LogP contribution in [0.3, 0.4) is 0 Å². The van der Waals surface area contributed by atoms with Gasteiger partial charge in [-0.1, -0.05) is 6.07 Å². The fourth-order valence-corrected chi connectivity index (χ4v) is 7.40. The topological polar surface area (TPSA) is 73.3 Å². The highest BCUT2D eigenvalue weighted by molar-refractivity contribution is 7.13. The van der Waals surface area contributed by atoms with Crippen LogP contribution in [-0.4, -0.2) is 29.5 Å². The maximum Gasteiger partial charge on any atom is 0.231 e. The standard InChI is InChI=1S/C25H27N3O3S/c1-30-20-4-3-17(9-21(20)31-2)18-8-19-22(28-32-23(19)26-13-18)27-24(29)25-10-14-5-15(11-25)7-16(6-14)12-25/h3-4,8-9,13-16H,5-7,10-12H2,1-2H3,(H,27,28,29). The molecule has 0 atom stereocenters. The third-order valence-electron chi connectivity index (χ3n) is 7.80. The van der Waals surface area contributed by atoms with Crippen molar-refractivity contribution >= 4 is 33.5 Å². The van der Waals surface area contributed by atoms with E-state index in [1.165, 1.54) is 30.8 Å². The zero-order valence-corrected chi connectivity index (χ0v) is 19.2. The van der Waals surface area contributed by atoms with Gasteiger partial charge in [0.1, 0.15) is 4.83 Å². The molecule has 7 heteroatoms. The molecule has 1 aromatic carbocycles. The zero-order chi connectivity index (χ0) is 21.9. The van der Waals surface area contributed by atoms with Crippen LogP contribution in [0, 0.1) is 23.2 Å². The van der Waals surface area contributed by atoms with Gasteiger partial charge in [-0.15, -0.1) is 0 Å². The van der Waals surface area contributed by atoms with Crippen molar-refractivity contribution in [2.75, 3.05) is 19.5 Å². The minimum Gasteiger partial charge on any atom is -0.493 e. The highest BCUT2D eigenvalue weighted by atomic mass is 32.1. The number of hydrogen-bond acceptors (Lipinski definition) is 6. The molecule has 7 rings (SSSR count). The maximum absolute atomic E-state index is 13.5. The number of amides is 1. The van der Waals surface area contributed by atoms with Crippen LogP contribution in [0.15, 0.2) is 30.5 Å². The molecular formula is C25H27N3O3S. The van der Waals surface area contributed by atoms with E-state index in [0.29, 0.717) is 17.3 Å². The number of benzene rings is 1. The Morgan fingerprint density at radius 2 is 1.69 bits per heavy atom. The fraction of sp³-hybridized carbons (Fsp3) is 0.480. The van der Waals surface area contributed by atoms with Crippen molar-refractivity contribution in [1.29, 1.82) is 0 Å². The Morgan fingerprint density at radius 1 is 1.00 bits per heavy atom. The SMILES string of the molecule is COc1ccc(-c2cnc3snc(NC(=O)C45CC6CC(CC(C6)C4)C5)c3c2)cc1OC. The Hall–Kier alpha value is -2.67. The monoisotopic (exact) mass is 449 g/mol. The number of hydrogen-bond donors (Lipinski definition) is 1. The molecule has 166 valence electrons. The highest BCUT2D eigenvalue weighted by Crippen LogP contribution is 2.60.